The summed E-state index contributed by atoms with van der Waals surface area (Å²) in [5, 5.41) is 21.7. The molecule has 0 spiro atoms. The molecule has 3 N–H and O–H groups in total. The molecule has 0 fully saturated rings. The lowest BCUT2D eigenvalue weighted by atomic mass is 10.1. The molecule has 0 bridgehead atoms. The molecule has 2 aromatic carbocycles. The number of carbonyl (C=O) groups is 2. The molecule has 3 rings (SSSR count). The molecule has 34 heavy (non-hydrogen) atoms. The first-order valence-electron chi connectivity index (χ1n) is 9.88. The van der Waals surface area contributed by atoms with E-state index in [2.05, 4.69) is 24.9 Å². The standard InChI is InChI=1S/C20H20Cl2N6O5S/c21-15-7-4-8-16(22)14(15)9-19-24-27-28(25-19)12-18(29)17(10-20(30)31)26-34(32,33)23-11-13-5-2-1-3-6-13/h1-8,17,23,26H,9-12H2,(H,30,31). The minimum Gasteiger partial charge on any atom is -0.481 e. The second-order valence-electron chi connectivity index (χ2n) is 7.16. The number of aromatic nitrogens is 4. The van der Waals surface area contributed by atoms with Gasteiger partial charge in [0.1, 0.15) is 6.54 Å². The summed E-state index contributed by atoms with van der Waals surface area (Å²) < 4.78 is 29.1. The molecule has 11 nitrogen and oxygen atoms in total. The zero-order chi connectivity index (χ0) is 24.7. The fourth-order valence-electron chi connectivity index (χ4n) is 2.92. The van der Waals surface area contributed by atoms with E-state index in [4.69, 9.17) is 28.3 Å². The van der Waals surface area contributed by atoms with E-state index in [0.717, 1.165) is 4.80 Å². The van der Waals surface area contributed by atoms with Crippen molar-refractivity contribution in [3.05, 3.63) is 75.5 Å². The summed E-state index contributed by atoms with van der Waals surface area (Å²) in [6.45, 7) is -0.537. The fourth-order valence-corrected chi connectivity index (χ4v) is 4.48. The van der Waals surface area contributed by atoms with Gasteiger partial charge in [-0.25, -0.2) is 0 Å². The van der Waals surface area contributed by atoms with Gasteiger partial charge < -0.3 is 5.11 Å². The first-order valence-corrected chi connectivity index (χ1v) is 12.1. The van der Waals surface area contributed by atoms with E-state index in [1.165, 1.54) is 0 Å². The largest absolute Gasteiger partial charge is 0.481 e. The second kappa shape index (κ2) is 11.5. The summed E-state index contributed by atoms with van der Waals surface area (Å²) in [4.78, 5) is 24.9. The van der Waals surface area contributed by atoms with E-state index in [-0.39, 0.29) is 18.8 Å². The third-order valence-electron chi connectivity index (χ3n) is 4.56. The van der Waals surface area contributed by atoms with Crippen molar-refractivity contribution in [3.8, 4) is 0 Å². The van der Waals surface area contributed by atoms with E-state index < -0.39 is 41.0 Å². The van der Waals surface area contributed by atoms with E-state index in [1.54, 1.807) is 48.5 Å². The molecule has 0 aliphatic heterocycles. The molecule has 180 valence electrons. The molecule has 0 aliphatic carbocycles. The van der Waals surface area contributed by atoms with Crippen molar-refractivity contribution in [1.82, 2.24) is 29.7 Å². The normalized spacial score (nSPS) is 12.4. The lowest BCUT2D eigenvalue weighted by Gasteiger charge is -2.16. The lowest BCUT2D eigenvalue weighted by molar-refractivity contribution is -0.139. The highest BCUT2D eigenvalue weighted by Crippen LogP contribution is 2.25. The van der Waals surface area contributed by atoms with Gasteiger partial charge in [0.25, 0.3) is 10.2 Å². The number of aliphatic carboxylic acids is 1. The van der Waals surface area contributed by atoms with Crippen molar-refractivity contribution >= 4 is 45.2 Å². The molecule has 1 heterocycles. The van der Waals surface area contributed by atoms with Gasteiger partial charge in [-0.05, 0) is 28.5 Å². The lowest BCUT2D eigenvalue weighted by Crippen LogP contribution is -2.48. The van der Waals surface area contributed by atoms with Crippen molar-refractivity contribution in [2.45, 2.75) is 32.0 Å². The van der Waals surface area contributed by atoms with E-state index in [1.807, 2.05) is 0 Å². The summed E-state index contributed by atoms with van der Waals surface area (Å²) >= 11 is 12.3. The molecule has 0 saturated carbocycles. The smallest absolute Gasteiger partial charge is 0.305 e. The topological polar surface area (TPSA) is 156 Å². The van der Waals surface area contributed by atoms with Crippen molar-refractivity contribution in [3.63, 3.8) is 0 Å². The Morgan fingerprint density at radius 3 is 2.38 bits per heavy atom. The van der Waals surface area contributed by atoms with E-state index >= 15 is 0 Å². The zero-order valence-corrected chi connectivity index (χ0v) is 19.9. The predicted molar refractivity (Wildman–Crippen MR) is 123 cm³/mol. The number of hydrogen-bond donors (Lipinski definition) is 3. The van der Waals surface area contributed by atoms with Gasteiger partial charge in [-0.2, -0.15) is 22.7 Å². The molecule has 0 saturated heterocycles. The van der Waals surface area contributed by atoms with Crippen LogP contribution in [0.5, 0.6) is 0 Å². The molecule has 1 atom stereocenters. The minimum atomic E-state index is -4.19. The number of benzene rings is 2. The van der Waals surface area contributed by atoms with Gasteiger partial charge >= 0.3 is 5.97 Å². The number of carboxylic acids is 1. The molecule has 0 radical (unpaired) electrons. The average Bonchev–Trinajstić information content (AvgIpc) is 3.22. The van der Waals surface area contributed by atoms with Crippen LogP contribution in [0.25, 0.3) is 0 Å². The molecular formula is C20H20Cl2N6O5S. The summed E-state index contributed by atoms with van der Waals surface area (Å²) in [7, 11) is -4.19. The van der Waals surface area contributed by atoms with Crippen LogP contribution < -0.4 is 9.44 Å². The third-order valence-corrected chi connectivity index (χ3v) is 6.39. The molecule has 0 amide bonds. The third kappa shape index (κ3) is 7.57. The van der Waals surface area contributed by atoms with Crippen LogP contribution in [-0.4, -0.2) is 51.5 Å². The quantitative estimate of drug-likeness (QED) is 0.321. The van der Waals surface area contributed by atoms with Gasteiger partial charge in [0.15, 0.2) is 11.6 Å². The Labute approximate surface area is 205 Å². The summed E-state index contributed by atoms with van der Waals surface area (Å²) in [5.41, 5.74) is 1.27. The molecular weight excluding hydrogens is 507 g/mol. The highest BCUT2D eigenvalue weighted by Gasteiger charge is 2.27. The van der Waals surface area contributed by atoms with Crippen molar-refractivity contribution in [2.24, 2.45) is 0 Å². The van der Waals surface area contributed by atoms with Crippen LogP contribution in [0.4, 0.5) is 0 Å². The van der Waals surface area contributed by atoms with Crippen molar-refractivity contribution < 1.29 is 23.1 Å². The SMILES string of the molecule is O=C(O)CC(NS(=O)(=O)NCc1ccccc1)C(=O)Cn1nnc(Cc2c(Cl)cccc2Cl)n1. The Morgan fingerprint density at radius 2 is 1.74 bits per heavy atom. The number of halogens is 2. The minimum absolute atomic E-state index is 0.0389. The number of nitrogens with zero attached hydrogens (tertiary/aromatic N) is 4. The van der Waals surface area contributed by atoms with Gasteiger partial charge in [0, 0.05) is 23.0 Å². The monoisotopic (exact) mass is 526 g/mol. The van der Waals surface area contributed by atoms with Crippen molar-refractivity contribution in [2.75, 3.05) is 0 Å². The van der Waals surface area contributed by atoms with Crippen LogP contribution in [0.2, 0.25) is 10.0 Å². The summed E-state index contributed by atoms with van der Waals surface area (Å²) in [5.74, 6) is -1.89. The number of ketones is 1. The zero-order valence-electron chi connectivity index (χ0n) is 17.6. The van der Waals surface area contributed by atoms with Crippen molar-refractivity contribution in [1.29, 1.82) is 0 Å². The number of Topliss-reactive ketones (excluding diaryl/α,β-unsaturated/α-hetero) is 1. The van der Waals surface area contributed by atoms with E-state index in [0.29, 0.717) is 21.2 Å². The average molecular weight is 527 g/mol. The number of tetrazole rings is 1. The molecule has 14 heteroatoms. The van der Waals surface area contributed by atoms with Crippen LogP contribution in [0.1, 0.15) is 23.4 Å². The van der Waals surface area contributed by atoms with E-state index in [9.17, 15) is 18.0 Å². The van der Waals surface area contributed by atoms with Gasteiger partial charge in [-0.1, -0.05) is 59.6 Å². The maximum atomic E-state index is 12.7. The maximum Gasteiger partial charge on any atom is 0.305 e. The Kier molecular flexibility index (Phi) is 8.69. The Balaban J connectivity index is 1.65. The molecule has 1 aromatic heterocycles. The van der Waals surface area contributed by atoms with Crippen LogP contribution >= 0.6 is 23.2 Å². The fraction of sp³-hybridized carbons (Fsp3) is 0.250. The first kappa shape index (κ1) is 25.7. The van der Waals surface area contributed by atoms with Crippen LogP contribution in [0.3, 0.4) is 0 Å². The van der Waals surface area contributed by atoms with Gasteiger partial charge in [-0.15, -0.1) is 10.2 Å². The first-order chi connectivity index (χ1) is 16.1. The number of nitrogens with one attached hydrogen (secondary N) is 2. The molecule has 1 unspecified atom stereocenters. The summed E-state index contributed by atoms with van der Waals surface area (Å²) in [6.07, 6.45) is -0.608. The Hall–Kier alpha value is -2.90. The highest BCUT2D eigenvalue weighted by molar-refractivity contribution is 7.87. The second-order valence-corrected chi connectivity index (χ2v) is 9.50. The highest BCUT2D eigenvalue weighted by atomic mass is 35.5. The predicted octanol–water partition coefficient (Wildman–Crippen LogP) is 1.61. The van der Waals surface area contributed by atoms with Gasteiger partial charge in [-0.3, -0.25) is 9.59 Å². The maximum absolute atomic E-state index is 12.7. The van der Waals surface area contributed by atoms with Crippen LogP contribution in [-0.2, 0) is 39.3 Å². The van der Waals surface area contributed by atoms with Crippen LogP contribution in [0, 0.1) is 0 Å². The number of hydrogen-bond acceptors (Lipinski definition) is 7. The molecule has 0 aliphatic rings. The van der Waals surface area contributed by atoms with Crippen LogP contribution in [0.15, 0.2) is 48.5 Å². The number of carboxylic acid groups (broad SMARTS) is 1. The summed E-state index contributed by atoms with van der Waals surface area (Å²) in [6, 6.07) is 12.2. The Bertz CT molecular complexity index is 1250. The number of carbonyl (C=O) groups excluding carboxylic acids is 1. The molecule has 3 aromatic rings. The number of rotatable bonds is 12. The van der Waals surface area contributed by atoms with Gasteiger partial charge in [0.2, 0.25) is 0 Å². The Morgan fingerprint density at radius 1 is 1.06 bits per heavy atom. The van der Waals surface area contributed by atoms with Gasteiger partial charge in [0.05, 0.1) is 12.5 Å².